The van der Waals surface area contributed by atoms with E-state index in [0.717, 1.165) is 12.0 Å². The molecule has 0 spiro atoms. The monoisotopic (exact) mass is 659 g/mol. The van der Waals surface area contributed by atoms with Crippen LogP contribution in [-0.4, -0.2) is 88.2 Å². The molecule has 1 aliphatic rings. The third kappa shape index (κ3) is 9.66. The van der Waals surface area contributed by atoms with Gasteiger partial charge in [-0.25, -0.2) is 19.6 Å². The minimum Gasteiger partial charge on any atom is -0.444 e. The highest BCUT2D eigenvalue weighted by atomic mass is 16.6. The zero-order valence-corrected chi connectivity index (χ0v) is 28.3. The molecule has 0 saturated carbocycles. The Labute approximate surface area is 280 Å². The second-order valence-corrected chi connectivity index (χ2v) is 13.0. The quantitative estimate of drug-likeness (QED) is 0.257. The number of hydrogen-bond donors (Lipinski definition) is 3. The Kier molecular flexibility index (Phi) is 11.9. The van der Waals surface area contributed by atoms with Crippen molar-refractivity contribution in [1.29, 1.82) is 5.26 Å². The summed E-state index contributed by atoms with van der Waals surface area (Å²) in [6.07, 6.45) is 4.56. The van der Waals surface area contributed by atoms with Crippen LogP contribution in [0.1, 0.15) is 58.9 Å². The van der Waals surface area contributed by atoms with Crippen LogP contribution in [0.25, 0.3) is 11.0 Å². The zero-order chi connectivity index (χ0) is 34.8. The smallest absolute Gasteiger partial charge is 0.407 e. The molecule has 1 aromatic carbocycles. The van der Waals surface area contributed by atoms with Crippen LogP contribution in [-0.2, 0) is 20.7 Å². The normalized spacial score (nSPS) is 16.1. The van der Waals surface area contributed by atoms with Crippen LogP contribution in [0, 0.1) is 17.2 Å². The number of anilines is 2. The van der Waals surface area contributed by atoms with Gasteiger partial charge in [-0.15, -0.1) is 0 Å². The molecule has 0 aliphatic carbocycles. The first kappa shape index (κ1) is 35.7. The third-order valence-electron chi connectivity index (χ3n) is 8.19. The van der Waals surface area contributed by atoms with Crippen LogP contribution in [0.15, 0.2) is 42.9 Å². The van der Waals surface area contributed by atoms with Crippen molar-refractivity contribution in [3.05, 3.63) is 48.4 Å². The standard InChI is InChI=1S/C34H45N9O5/c1-23-14-19-42(29(45)12-16-35)21-27(23)41(5)30-26-15-20-43(31(26)39-22-38-30)32(46)36-17-6-7-28(44)40-25-10-8-24(9-11-25)13-18-37-33(47)48-34(2,3)4/h8-11,15,20,22-23,27H,6-7,12-14,17-19,21H2,1-5H3,(H,36,46)(H,37,47)(H,40,44)/t23-,27?/m1/s1. The number of amides is 4. The van der Waals surface area contributed by atoms with Gasteiger partial charge in [0.15, 0.2) is 5.65 Å². The molecule has 1 fully saturated rings. The number of alkyl carbamates (subject to hydrolysis) is 1. The molecule has 0 bridgehead atoms. The molecule has 3 N–H and O–H groups in total. The summed E-state index contributed by atoms with van der Waals surface area (Å²) in [5.74, 6) is 0.598. The molecule has 1 saturated heterocycles. The van der Waals surface area contributed by atoms with Gasteiger partial charge in [0.05, 0.1) is 17.5 Å². The van der Waals surface area contributed by atoms with Gasteiger partial charge in [0, 0.05) is 51.5 Å². The minimum absolute atomic E-state index is 0.0196. The number of fused-ring (bicyclic) bond motifs is 1. The molecule has 1 unspecified atom stereocenters. The van der Waals surface area contributed by atoms with Crippen LogP contribution in [0.3, 0.4) is 0 Å². The molecule has 14 nitrogen and oxygen atoms in total. The lowest BCUT2D eigenvalue weighted by Gasteiger charge is -2.42. The summed E-state index contributed by atoms with van der Waals surface area (Å²) >= 11 is 0. The number of benzene rings is 1. The Balaban J connectivity index is 1.24. The summed E-state index contributed by atoms with van der Waals surface area (Å²) in [5.41, 5.74) is 1.57. The minimum atomic E-state index is -0.548. The van der Waals surface area contributed by atoms with Crippen LogP contribution in [0.4, 0.5) is 21.1 Å². The molecule has 14 heteroatoms. The van der Waals surface area contributed by atoms with Gasteiger partial charge in [-0.3, -0.25) is 14.2 Å². The van der Waals surface area contributed by atoms with E-state index in [2.05, 4.69) is 32.8 Å². The fourth-order valence-corrected chi connectivity index (χ4v) is 5.63. The number of carbonyl (C=O) groups excluding carboxylic acids is 4. The first-order valence-electron chi connectivity index (χ1n) is 16.2. The molecule has 256 valence electrons. The molecule has 2 atom stereocenters. The zero-order valence-electron chi connectivity index (χ0n) is 28.3. The van der Waals surface area contributed by atoms with Crippen LogP contribution >= 0.6 is 0 Å². The van der Waals surface area contributed by atoms with E-state index in [-0.39, 0.29) is 42.6 Å². The van der Waals surface area contributed by atoms with Crippen molar-refractivity contribution < 1.29 is 23.9 Å². The topological polar surface area (TPSA) is 175 Å². The fraction of sp³-hybridized carbons (Fsp3) is 0.500. The van der Waals surface area contributed by atoms with Crippen molar-refractivity contribution in [2.45, 2.75) is 71.4 Å². The molecule has 3 aromatic rings. The summed E-state index contributed by atoms with van der Waals surface area (Å²) < 4.78 is 6.65. The Morgan fingerprint density at radius 1 is 1.08 bits per heavy atom. The van der Waals surface area contributed by atoms with Crippen molar-refractivity contribution in [3.63, 3.8) is 0 Å². The lowest BCUT2D eigenvalue weighted by molar-refractivity contribution is -0.131. The van der Waals surface area contributed by atoms with Crippen molar-refractivity contribution in [1.82, 2.24) is 30.1 Å². The highest BCUT2D eigenvalue weighted by molar-refractivity contribution is 5.95. The first-order chi connectivity index (χ1) is 22.9. The van der Waals surface area contributed by atoms with E-state index in [0.29, 0.717) is 61.6 Å². The van der Waals surface area contributed by atoms with Crippen molar-refractivity contribution in [2.75, 3.05) is 43.4 Å². The van der Waals surface area contributed by atoms with Crippen LogP contribution in [0.2, 0.25) is 0 Å². The van der Waals surface area contributed by atoms with Gasteiger partial charge in [-0.1, -0.05) is 19.1 Å². The fourth-order valence-electron chi connectivity index (χ4n) is 5.63. The summed E-state index contributed by atoms with van der Waals surface area (Å²) in [5, 5.41) is 18.1. The number of aromatic nitrogens is 3. The van der Waals surface area contributed by atoms with Gasteiger partial charge in [-0.2, -0.15) is 5.26 Å². The van der Waals surface area contributed by atoms with Crippen LogP contribution in [0.5, 0.6) is 0 Å². The predicted octanol–water partition coefficient (Wildman–Crippen LogP) is 4.06. The van der Waals surface area contributed by atoms with Crippen molar-refractivity contribution in [3.8, 4) is 6.07 Å². The van der Waals surface area contributed by atoms with Crippen LogP contribution < -0.4 is 20.9 Å². The SMILES string of the molecule is C[C@@H]1CCN(C(=O)CC#N)CC1N(C)c1ncnc2c1ccn2C(=O)NCCCC(=O)Nc1ccc(CCNC(=O)OC(C)(C)C)cc1. The number of likely N-dealkylation sites (N-methyl/N-ethyl adjacent to an activating group) is 1. The van der Waals surface area contributed by atoms with Crippen molar-refractivity contribution >= 4 is 46.5 Å². The molecule has 3 heterocycles. The highest BCUT2D eigenvalue weighted by Crippen LogP contribution is 2.29. The van der Waals surface area contributed by atoms with E-state index in [1.807, 2.05) is 63.1 Å². The average molecular weight is 660 g/mol. The van der Waals surface area contributed by atoms with Gasteiger partial charge >= 0.3 is 12.1 Å². The summed E-state index contributed by atoms with van der Waals surface area (Å²) in [4.78, 5) is 62.4. The number of piperidine rings is 1. The molecule has 4 rings (SSSR count). The second kappa shape index (κ2) is 16.1. The number of nitrogens with one attached hydrogen (secondary N) is 3. The average Bonchev–Trinajstić information content (AvgIpc) is 3.48. The van der Waals surface area contributed by atoms with Gasteiger partial charge in [-0.05, 0) is 69.7 Å². The molecular formula is C34H45N9O5. The second-order valence-electron chi connectivity index (χ2n) is 13.0. The van der Waals surface area contributed by atoms with Gasteiger partial charge in [0.25, 0.3) is 0 Å². The first-order valence-corrected chi connectivity index (χ1v) is 16.2. The maximum Gasteiger partial charge on any atom is 0.407 e. The van der Waals surface area contributed by atoms with Crippen molar-refractivity contribution in [2.24, 2.45) is 5.92 Å². The maximum atomic E-state index is 13.1. The number of nitrogens with zero attached hydrogens (tertiary/aromatic N) is 6. The number of nitriles is 1. The Morgan fingerprint density at radius 2 is 1.83 bits per heavy atom. The van der Waals surface area contributed by atoms with E-state index in [9.17, 15) is 19.2 Å². The lowest BCUT2D eigenvalue weighted by Crippen LogP contribution is -2.52. The molecule has 2 aromatic heterocycles. The Hall–Kier alpha value is -5.19. The molecular weight excluding hydrogens is 614 g/mol. The molecule has 4 amide bonds. The van der Waals surface area contributed by atoms with E-state index in [1.54, 1.807) is 17.2 Å². The molecule has 48 heavy (non-hydrogen) atoms. The third-order valence-corrected chi connectivity index (χ3v) is 8.19. The maximum absolute atomic E-state index is 13.1. The van der Waals surface area contributed by atoms with E-state index in [4.69, 9.17) is 10.00 Å². The van der Waals surface area contributed by atoms with Gasteiger partial charge in [0.1, 0.15) is 24.2 Å². The Morgan fingerprint density at radius 3 is 2.54 bits per heavy atom. The number of likely N-dealkylation sites (tertiary alicyclic amines) is 1. The van der Waals surface area contributed by atoms with E-state index >= 15 is 0 Å². The van der Waals surface area contributed by atoms with E-state index < -0.39 is 11.7 Å². The summed E-state index contributed by atoms with van der Waals surface area (Å²) in [6.45, 7) is 9.40. The largest absolute Gasteiger partial charge is 0.444 e. The van der Waals surface area contributed by atoms with Gasteiger partial charge in [0.2, 0.25) is 11.8 Å². The Bertz CT molecular complexity index is 1640. The van der Waals surface area contributed by atoms with Gasteiger partial charge < -0.3 is 30.5 Å². The molecule has 1 aliphatic heterocycles. The molecule has 0 radical (unpaired) electrons. The lowest BCUT2D eigenvalue weighted by atomic mass is 9.92. The number of ether oxygens (including phenoxy) is 1. The van der Waals surface area contributed by atoms with E-state index in [1.165, 1.54) is 10.9 Å². The summed E-state index contributed by atoms with van der Waals surface area (Å²) in [7, 11) is 1.92. The predicted molar refractivity (Wildman–Crippen MR) is 181 cm³/mol. The number of carbonyl (C=O) groups is 4. The number of hydrogen-bond acceptors (Lipinski definition) is 9. The summed E-state index contributed by atoms with van der Waals surface area (Å²) in [6, 6.07) is 10.8. The highest BCUT2D eigenvalue weighted by Gasteiger charge is 2.33. The number of rotatable bonds is 11.